The first kappa shape index (κ1) is 11.7. The lowest BCUT2D eigenvalue weighted by molar-refractivity contribution is 0.300. The van der Waals surface area contributed by atoms with Gasteiger partial charge in [0, 0.05) is 26.2 Å². The molecule has 0 fully saturated rings. The maximum absolute atomic E-state index is 3.15. The molecule has 2 heteroatoms. The van der Waals surface area contributed by atoms with E-state index in [1.807, 2.05) is 20.9 Å². The molecule has 2 nitrogen and oxygen atoms in total. The molecule has 0 aromatic heterocycles. The van der Waals surface area contributed by atoms with Crippen molar-refractivity contribution < 1.29 is 0 Å². The van der Waals surface area contributed by atoms with Gasteiger partial charge in [-0.25, -0.2) is 0 Å². The Morgan fingerprint density at radius 3 is 2.58 bits per heavy atom. The predicted octanol–water partition coefficient (Wildman–Crippen LogP) is 1.49. The normalized spacial score (nSPS) is 16.9. The van der Waals surface area contributed by atoms with Crippen LogP contribution in [0.1, 0.15) is 20.3 Å². The van der Waals surface area contributed by atoms with E-state index in [0.29, 0.717) is 0 Å². The third-order valence-electron chi connectivity index (χ3n) is 1.82. The van der Waals surface area contributed by atoms with Crippen LogP contribution >= 0.6 is 0 Å². The molecule has 0 saturated heterocycles. The van der Waals surface area contributed by atoms with Gasteiger partial charge in [0.25, 0.3) is 0 Å². The molecule has 0 aliphatic carbocycles. The molecule has 0 amide bonds. The summed E-state index contributed by atoms with van der Waals surface area (Å²) in [6, 6.07) is 0. The number of hydrogen-bond acceptors (Lipinski definition) is 2. The van der Waals surface area contributed by atoms with E-state index in [1.54, 1.807) is 0 Å². The second-order valence-electron chi connectivity index (χ2n) is 2.66. The standard InChI is InChI=1S/C8H16N2.C2H6/c1-9-5-8-10-6-3-2-4-7-10;1-2/h2-3,9H,4-8H2,1H3;1-2H3. The molecule has 12 heavy (non-hydrogen) atoms. The van der Waals surface area contributed by atoms with Gasteiger partial charge in [-0.1, -0.05) is 26.0 Å². The van der Waals surface area contributed by atoms with Crippen molar-refractivity contribution in [2.45, 2.75) is 20.3 Å². The molecule has 0 unspecified atom stereocenters. The van der Waals surface area contributed by atoms with Crippen molar-refractivity contribution in [3.05, 3.63) is 12.2 Å². The largest absolute Gasteiger partial charge is 0.318 e. The van der Waals surface area contributed by atoms with E-state index in [0.717, 1.165) is 13.1 Å². The van der Waals surface area contributed by atoms with E-state index in [2.05, 4.69) is 22.4 Å². The van der Waals surface area contributed by atoms with Crippen LogP contribution in [-0.2, 0) is 0 Å². The highest BCUT2D eigenvalue weighted by Gasteiger charge is 2.03. The van der Waals surface area contributed by atoms with Gasteiger partial charge in [0.1, 0.15) is 0 Å². The number of hydrogen-bond donors (Lipinski definition) is 1. The van der Waals surface area contributed by atoms with E-state index in [1.165, 1.54) is 19.5 Å². The first-order chi connectivity index (χ1) is 5.93. The molecule has 0 aromatic carbocycles. The molecule has 1 rings (SSSR count). The van der Waals surface area contributed by atoms with Crippen LogP contribution < -0.4 is 5.32 Å². The van der Waals surface area contributed by atoms with Gasteiger partial charge in [-0.15, -0.1) is 0 Å². The zero-order chi connectivity index (χ0) is 9.23. The average molecular weight is 170 g/mol. The van der Waals surface area contributed by atoms with E-state index in [4.69, 9.17) is 0 Å². The van der Waals surface area contributed by atoms with Crippen LogP contribution in [0.5, 0.6) is 0 Å². The molecule has 0 radical (unpaired) electrons. The summed E-state index contributed by atoms with van der Waals surface area (Å²) >= 11 is 0. The third-order valence-corrected chi connectivity index (χ3v) is 1.82. The summed E-state index contributed by atoms with van der Waals surface area (Å²) in [5.74, 6) is 0. The van der Waals surface area contributed by atoms with Crippen molar-refractivity contribution in [1.29, 1.82) is 0 Å². The van der Waals surface area contributed by atoms with E-state index < -0.39 is 0 Å². The molecule has 0 aromatic rings. The molecule has 0 atom stereocenters. The minimum atomic E-state index is 1.10. The van der Waals surface area contributed by atoms with Crippen LogP contribution in [0.2, 0.25) is 0 Å². The van der Waals surface area contributed by atoms with Crippen molar-refractivity contribution in [2.24, 2.45) is 0 Å². The van der Waals surface area contributed by atoms with Crippen molar-refractivity contribution in [1.82, 2.24) is 10.2 Å². The Morgan fingerprint density at radius 1 is 1.33 bits per heavy atom. The van der Waals surface area contributed by atoms with Gasteiger partial charge in [0.05, 0.1) is 0 Å². The summed E-state index contributed by atoms with van der Waals surface area (Å²) in [6.45, 7) is 8.66. The Bertz CT molecular complexity index is 110. The summed E-state index contributed by atoms with van der Waals surface area (Å²) in [5.41, 5.74) is 0. The van der Waals surface area contributed by atoms with E-state index in [-0.39, 0.29) is 0 Å². The minimum Gasteiger partial charge on any atom is -0.318 e. The van der Waals surface area contributed by atoms with Gasteiger partial charge >= 0.3 is 0 Å². The van der Waals surface area contributed by atoms with Crippen LogP contribution in [0, 0.1) is 0 Å². The molecule has 0 spiro atoms. The molecule has 0 bridgehead atoms. The quantitative estimate of drug-likeness (QED) is 0.646. The highest BCUT2D eigenvalue weighted by Crippen LogP contribution is 1.98. The van der Waals surface area contributed by atoms with Crippen LogP contribution in [0.15, 0.2) is 12.2 Å². The SMILES string of the molecule is CC.CNCCN1CC=CCC1. The average Bonchev–Trinajstić information content (AvgIpc) is 2.19. The first-order valence-corrected chi connectivity index (χ1v) is 4.95. The second-order valence-corrected chi connectivity index (χ2v) is 2.66. The lowest BCUT2D eigenvalue weighted by Gasteiger charge is -2.22. The van der Waals surface area contributed by atoms with Crippen molar-refractivity contribution in [3.63, 3.8) is 0 Å². The van der Waals surface area contributed by atoms with Gasteiger partial charge in [0.2, 0.25) is 0 Å². The van der Waals surface area contributed by atoms with Gasteiger partial charge in [0.15, 0.2) is 0 Å². The monoisotopic (exact) mass is 170 g/mol. The zero-order valence-corrected chi connectivity index (χ0v) is 8.64. The fourth-order valence-electron chi connectivity index (χ4n) is 1.16. The first-order valence-electron chi connectivity index (χ1n) is 4.95. The Morgan fingerprint density at radius 2 is 2.08 bits per heavy atom. The Balaban J connectivity index is 0.000000561. The molecule has 1 N–H and O–H groups in total. The highest BCUT2D eigenvalue weighted by atomic mass is 15.1. The summed E-state index contributed by atoms with van der Waals surface area (Å²) in [7, 11) is 2.00. The predicted molar refractivity (Wildman–Crippen MR) is 55.5 cm³/mol. The second kappa shape index (κ2) is 8.75. The van der Waals surface area contributed by atoms with Crippen LogP contribution in [0.25, 0.3) is 0 Å². The summed E-state index contributed by atoms with van der Waals surface area (Å²) in [6.07, 6.45) is 5.73. The van der Waals surface area contributed by atoms with Gasteiger partial charge in [-0.3, -0.25) is 4.90 Å². The number of rotatable bonds is 3. The smallest absolute Gasteiger partial charge is 0.0163 e. The van der Waals surface area contributed by atoms with Crippen LogP contribution in [0.3, 0.4) is 0 Å². The van der Waals surface area contributed by atoms with Gasteiger partial charge in [-0.2, -0.15) is 0 Å². The number of nitrogens with zero attached hydrogens (tertiary/aromatic N) is 1. The Labute approximate surface area is 76.6 Å². The molecule has 1 aliphatic heterocycles. The van der Waals surface area contributed by atoms with Crippen LogP contribution in [0.4, 0.5) is 0 Å². The molecular weight excluding hydrogens is 148 g/mol. The number of likely N-dealkylation sites (N-methyl/N-ethyl adjacent to an activating group) is 1. The summed E-state index contributed by atoms with van der Waals surface area (Å²) in [5, 5.41) is 3.15. The Kier molecular flexibility index (Phi) is 8.51. The van der Waals surface area contributed by atoms with E-state index in [9.17, 15) is 0 Å². The lowest BCUT2D eigenvalue weighted by atomic mass is 10.2. The molecule has 72 valence electrons. The van der Waals surface area contributed by atoms with Crippen LogP contribution in [-0.4, -0.2) is 38.1 Å². The topological polar surface area (TPSA) is 15.3 Å². The van der Waals surface area contributed by atoms with Gasteiger partial charge < -0.3 is 5.32 Å². The fraction of sp³-hybridized carbons (Fsp3) is 0.800. The molecule has 1 heterocycles. The summed E-state index contributed by atoms with van der Waals surface area (Å²) < 4.78 is 0. The number of nitrogens with one attached hydrogen (secondary N) is 1. The minimum absolute atomic E-state index is 1.10. The molecule has 0 saturated carbocycles. The zero-order valence-electron chi connectivity index (χ0n) is 8.64. The third kappa shape index (κ3) is 5.33. The lowest BCUT2D eigenvalue weighted by Crippen LogP contribution is -2.33. The Hall–Kier alpha value is -0.340. The maximum Gasteiger partial charge on any atom is 0.0163 e. The van der Waals surface area contributed by atoms with E-state index >= 15 is 0 Å². The molecule has 1 aliphatic rings. The fourth-order valence-corrected chi connectivity index (χ4v) is 1.16. The summed E-state index contributed by atoms with van der Waals surface area (Å²) in [4.78, 5) is 2.45. The van der Waals surface area contributed by atoms with Crippen molar-refractivity contribution >= 4 is 0 Å². The highest BCUT2D eigenvalue weighted by molar-refractivity contribution is 4.90. The van der Waals surface area contributed by atoms with Crippen molar-refractivity contribution in [2.75, 3.05) is 33.2 Å². The maximum atomic E-state index is 3.15. The molecular formula is C10H22N2. The van der Waals surface area contributed by atoms with Crippen molar-refractivity contribution in [3.8, 4) is 0 Å². The van der Waals surface area contributed by atoms with Gasteiger partial charge in [-0.05, 0) is 13.5 Å².